The molecule has 0 saturated heterocycles. The van der Waals surface area contributed by atoms with E-state index in [0.29, 0.717) is 0 Å². The van der Waals surface area contributed by atoms with Gasteiger partial charge in [0, 0.05) is 11.3 Å². The monoisotopic (exact) mass is 363 g/mol. The summed E-state index contributed by atoms with van der Waals surface area (Å²) in [4.78, 5) is 0. The molecule has 0 aliphatic heterocycles. The highest BCUT2D eigenvalue weighted by Crippen LogP contribution is 2.36. The van der Waals surface area contributed by atoms with Crippen LogP contribution in [0.25, 0.3) is 28.0 Å². The first kappa shape index (κ1) is 18.1. The van der Waals surface area contributed by atoms with Gasteiger partial charge in [0.15, 0.2) is 0 Å². The standard InChI is InChI=1S/C27H25N/c1-3-9-21-14-15-25(27(28)19(21)2)26-18-23-13-8-7-12-22(23)17-24(26)16-20-10-5-4-6-11-20/h3-15,17-18H,16,28H2,1-2H3/b9-3-. The van der Waals surface area contributed by atoms with E-state index >= 15 is 0 Å². The molecule has 138 valence electrons. The fourth-order valence-corrected chi connectivity index (χ4v) is 3.84. The third-order valence-corrected chi connectivity index (χ3v) is 5.40. The number of fused-ring (bicyclic) bond motifs is 1. The highest BCUT2D eigenvalue weighted by Gasteiger charge is 2.13. The van der Waals surface area contributed by atoms with Crippen LogP contribution in [0.3, 0.4) is 0 Å². The Hall–Kier alpha value is -3.32. The second kappa shape index (κ2) is 7.74. The smallest absolute Gasteiger partial charge is 0.0429 e. The normalized spacial score (nSPS) is 11.4. The van der Waals surface area contributed by atoms with Crippen LogP contribution in [0.5, 0.6) is 0 Å². The molecule has 1 heteroatoms. The lowest BCUT2D eigenvalue weighted by Crippen LogP contribution is -1.99. The molecule has 0 radical (unpaired) electrons. The average molecular weight is 364 g/mol. The predicted molar refractivity (Wildman–Crippen MR) is 122 cm³/mol. The summed E-state index contributed by atoms with van der Waals surface area (Å²) in [6.45, 7) is 4.14. The van der Waals surface area contributed by atoms with Crippen molar-refractivity contribution < 1.29 is 0 Å². The first-order valence-corrected chi connectivity index (χ1v) is 9.75. The quantitative estimate of drug-likeness (QED) is 0.387. The largest absolute Gasteiger partial charge is 0.398 e. The highest BCUT2D eigenvalue weighted by atomic mass is 14.6. The maximum Gasteiger partial charge on any atom is 0.0429 e. The summed E-state index contributed by atoms with van der Waals surface area (Å²) < 4.78 is 0. The van der Waals surface area contributed by atoms with Gasteiger partial charge in [0.2, 0.25) is 0 Å². The molecule has 28 heavy (non-hydrogen) atoms. The van der Waals surface area contributed by atoms with Gasteiger partial charge in [-0.3, -0.25) is 0 Å². The Balaban J connectivity index is 1.92. The maximum atomic E-state index is 6.62. The minimum Gasteiger partial charge on any atom is -0.398 e. The molecular formula is C27H25N. The zero-order chi connectivity index (χ0) is 19.5. The zero-order valence-electron chi connectivity index (χ0n) is 16.4. The van der Waals surface area contributed by atoms with E-state index in [4.69, 9.17) is 5.73 Å². The van der Waals surface area contributed by atoms with Crippen LogP contribution in [0, 0.1) is 6.92 Å². The molecule has 0 saturated carbocycles. The number of nitrogen functional groups attached to an aromatic ring is 1. The van der Waals surface area contributed by atoms with Crippen LogP contribution in [0.2, 0.25) is 0 Å². The van der Waals surface area contributed by atoms with Gasteiger partial charge in [-0.15, -0.1) is 0 Å². The van der Waals surface area contributed by atoms with Crippen molar-refractivity contribution in [2.24, 2.45) is 0 Å². The molecule has 4 aromatic rings. The van der Waals surface area contributed by atoms with Gasteiger partial charge in [-0.2, -0.15) is 0 Å². The van der Waals surface area contributed by atoms with E-state index in [1.165, 1.54) is 33.0 Å². The summed E-state index contributed by atoms with van der Waals surface area (Å²) in [5, 5.41) is 2.50. The van der Waals surface area contributed by atoms with Crippen molar-refractivity contribution in [3.05, 3.63) is 107 Å². The van der Waals surface area contributed by atoms with Crippen LogP contribution in [-0.2, 0) is 6.42 Å². The maximum absolute atomic E-state index is 6.62. The minimum absolute atomic E-state index is 0.861. The van der Waals surface area contributed by atoms with Crippen molar-refractivity contribution in [3.63, 3.8) is 0 Å². The summed E-state index contributed by atoms with van der Waals surface area (Å²) in [6.07, 6.45) is 5.05. The van der Waals surface area contributed by atoms with Crippen LogP contribution in [0.1, 0.15) is 29.2 Å². The number of allylic oxidation sites excluding steroid dienone is 1. The Bertz CT molecular complexity index is 1150. The first-order chi connectivity index (χ1) is 13.7. The number of rotatable bonds is 4. The Morgan fingerprint density at radius 3 is 2.18 bits per heavy atom. The fraction of sp³-hybridized carbons (Fsp3) is 0.111. The van der Waals surface area contributed by atoms with E-state index in [1.54, 1.807) is 0 Å². The van der Waals surface area contributed by atoms with Crippen LogP contribution in [0.4, 0.5) is 5.69 Å². The third kappa shape index (κ3) is 3.44. The molecule has 4 rings (SSSR count). The number of hydrogen-bond acceptors (Lipinski definition) is 1. The zero-order valence-corrected chi connectivity index (χ0v) is 16.4. The Kier molecular flexibility index (Phi) is 4.99. The van der Waals surface area contributed by atoms with E-state index in [0.717, 1.165) is 23.2 Å². The number of hydrogen-bond donors (Lipinski definition) is 1. The van der Waals surface area contributed by atoms with Gasteiger partial charge in [-0.1, -0.05) is 84.9 Å². The molecule has 0 fully saturated rings. The van der Waals surface area contributed by atoms with Gasteiger partial charge in [0.25, 0.3) is 0 Å². The van der Waals surface area contributed by atoms with Crippen molar-refractivity contribution in [3.8, 4) is 11.1 Å². The minimum atomic E-state index is 0.861. The summed E-state index contributed by atoms with van der Waals surface area (Å²) in [7, 11) is 0. The van der Waals surface area contributed by atoms with Gasteiger partial charge in [0.05, 0.1) is 0 Å². The topological polar surface area (TPSA) is 26.0 Å². The van der Waals surface area contributed by atoms with Crippen molar-refractivity contribution in [2.75, 3.05) is 5.73 Å². The molecule has 0 atom stereocenters. The number of nitrogens with two attached hydrogens (primary N) is 1. The molecule has 4 aromatic carbocycles. The average Bonchev–Trinajstić information content (AvgIpc) is 2.72. The molecule has 0 aliphatic rings. The molecule has 0 bridgehead atoms. The number of anilines is 1. The summed E-state index contributed by atoms with van der Waals surface area (Å²) in [5.41, 5.74) is 14.7. The van der Waals surface area contributed by atoms with Crippen LogP contribution in [0.15, 0.2) is 84.9 Å². The molecule has 2 N–H and O–H groups in total. The van der Waals surface area contributed by atoms with E-state index in [1.807, 2.05) is 6.92 Å². The van der Waals surface area contributed by atoms with Crippen molar-refractivity contribution >= 4 is 22.5 Å². The molecule has 0 aromatic heterocycles. The van der Waals surface area contributed by atoms with Crippen molar-refractivity contribution in [1.82, 2.24) is 0 Å². The van der Waals surface area contributed by atoms with Crippen molar-refractivity contribution in [1.29, 1.82) is 0 Å². The van der Waals surface area contributed by atoms with Gasteiger partial charge >= 0.3 is 0 Å². The van der Waals surface area contributed by atoms with Crippen LogP contribution in [-0.4, -0.2) is 0 Å². The van der Waals surface area contributed by atoms with Crippen molar-refractivity contribution in [2.45, 2.75) is 20.3 Å². The lowest BCUT2D eigenvalue weighted by molar-refractivity contribution is 1.20. The molecule has 0 heterocycles. The SMILES string of the molecule is C/C=C\c1ccc(-c2cc3ccccc3cc2Cc2ccccc2)c(N)c1C. The lowest BCUT2D eigenvalue weighted by atomic mass is 9.89. The molecule has 0 aliphatic carbocycles. The Morgan fingerprint density at radius 2 is 1.46 bits per heavy atom. The highest BCUT2D eigenvalue weighted by molar-refractivity contribution is 5.92. The molecule has 0 unspecified atom stereocenters. The van der Waals surface area contributed by atoms with Gasteiger partial charge in [0.1, 0.15) is 0 Å². The second-order valence-corrected chi connectivity index (χ2v) is 7.26. The van der Waals surface area contributed by atoms with Gasteiger partial charge in [-0.05, 0) is 64.9 Å². The molecule has 0 spiro atoms. The van der Waals surface area contributed by atoms with Crippen LogP contribution < -0.4 is 5.73 Å². The molecular weight excluding hydrogens is 338 g/mol. The fourth-order valence-electron chi connectivity index (χ4n) is 3.84. The Labute approximate surface area is 167 Å². The van der Waals surface area contributed by atoms with Gasteiger partial charge < -0.3 is 5.73 Å². The summed E-state index contributed by atoms with van der Waals surface area (Å²) >= 11 is 0. The summed E-state index contributed by atoms with van der Waals surface area (Å²) in [5.74, 6) is 0. The van der Waals surface area contributed by atoms with E-state index in [-0.39, 0.29) is 0 Å². The molecule has 1 nitrogen and oxygen atoms in total. The summed E-state index contributed by atoms with van der Waals surface area (Å²) in [6, 6.07) is 28.1. The van der Waals surface area contributed by atoms with Crippen LogP contribution >= 0.6 is 0 Å². The second-order valence-electron chi connectivity index (χ2n) is 7.26. The van der Waals surface area contributed by atoms with E-state index in [2.05, 4.69) is 97.9 Å². The van der Waals surface area contributed by atoms with E-state index in [9.17, 15) is 0 Å². The van der Waals surface area contributed by atoms with Gasteiger partial charge in [-0.25, -0.2) is 0 Å². The number of benzene rings is 4. The molecule has 0 amide bonds. The Morgan fingerprint density at radius 1 is 0.786 bits per heavy atom. The lowest BCUT2D eigenvalue weighted by Gasteiger charge is -2.17. The van der Waals surface area contributed by atoms with E-state index < -0.39 is 0 Å². The first-order valence-electron chi connectivity index (χ1n) is 9.75. The predicted octanol–water partition coefficient (Wildman–Crippen LogP) is 7.02. The third-order valence-electron chi connectivity index (χ3n) is 5.40.